The number of ether oxygens (including phenoxy) is 3. The summed E-state index contributed by atoms with van der Waals surface area (Å²) in [6.45, 7) is 1.59. The van der Waals surface area contributed by atoms with E-state index in [4.69, 9.17) is 19.9 Å². The van der Waals surface area contributed by atoms with E-state index in [1.807, 2.05) is 12.1 Å². The first-order valence-electron chi connectivity index (χ1n) is 8.74. The van der Waals surface area contributed by atoms with Gasteiger partial charge in [0.25, 0.3) is 0 Å². The zero-order chi connectivity index (χ0) is 20.3. The van der Waals surface area contributed by atoms with Gasteiger partial charge in [-0.1, -0.05) is 12.1 Å². The molecule has 0 radical (unpaired) electrons. The summed E-state index contributed by atoms with van der Waals surface area (Å²) >= 11 is 0. The minimum atomic E-state index is -0.797. The molecule has 0 bridgehead atoms. The summed E-state index contributed by atoms with van der Waals surface area (Å²) in [7, 11) is 1.56. The van der Waals surface area contributed by atoms with Crippen LogP contribution in [-0.2, 0) is 9.59 Å². The van der Waals surface area contributed by atoms with E-state index in [1.54, 1.807) is 25.3 Å². The van der Waals surface area contributed by atoms with Gasteiger partial charge in [-0.25, -0.2) is 0 Å². The number of nitrogens with one attached hydrogen (secondary N) is 1. The Kier molecular flexibility index (Phi) is 5.58. The first-order chi connectivity index (χ1) is 13.4. The van der Waals surface area contributed by atoms with Gasteiger partial charge in [0.2, 0.25) is 18.6 Å². The number of phenols is 1. The lowest BCUT2D eigenvalue weighted by Gasteiger charge is -2.20. The van der Waals surface area contributed by atoms with Crippen molar-refractivity contribution in [3.63, 3.8) is 0 Å². The number of hydrogen-bond acceptors (Lipinski definition) is 6. The van der Waals surface area contributed by atoms with Gasteiger partial charge in [-0.05, 0) is 30.7 Å². The van der Waals surface area contributed by atoms with Gasteiger partial charge in [-0.2, -0.15) is 0 Å². The molecule has 0 spiro atoms. The summed E-state index contributed by atoms with van der Waals surface area (Å²) < 4.78 is 15.9. The zero-order valence-corrected chi connectivity index (χ0v) is 15.6. The maximum atomic E-state index is 12.5. The fourth-order valence-corrected chi connectivity index (χ4v) is 3.03. The number of methoxy groups -OCH3 is 1. The number of primary amides is 1. The quantitative estimate of drug-likeness (QED) is 0.665. The molecule has 0 aromatic heterocycles. The number of phenolic OH excluding ortho intramolecular Hbond substituents is 1. The average Bonchev–Trinajstić information content (AvgIpc) is 3.12. The predicted octanol–water partition coefficient (Wildman–Crippen LogP) is 1.64. The van der Waals surface area contributed by atoms with Crippen LogP contribution in [0.1, 0.15) is 30.4 Å². The molecule has 28 heavy (non-hydrogen) atoms. The van der Waals surface area contributed by atoms with Gasteiger partial charge < -0.3 is 30.4 Å². The molecule has 1 heterocycles. The van der Waals surface area contributed by atoms with E-state index in [0.29, 0.717) is 22.8 Å². The van der Waals surface area contributed by atoms with Crippen LogP contribution in [0.5, 0.6) is 23.0 Å². The third-order valence-electron chi connectivity index (χ3n) is 4.61. The third-order valence-corrected chi connectivity index (χ3v) is 4.61. The smallest absolute Gasteiger partial charge is 0.239 e. The molecule has 8 heteroatoms. The van der Waals surface area contributed by atoms with Crippen LogP contribution in [0, 0.1) is 0 Å². The third kappa shape index (κ3) is 4.11. The number of carbonyl (C=O) groups is 2. The van der Waals surface area contributed by atoms with Crippen LogP contribution in [0.2, 0.25) is 0 Å². The predicted molar refractivity (Wildman–Crippen MR) is 100 cm³/mol. The highest BCUT2D eigenvalue weighted by atomic mass is 16.7. The standard InChI is InChI=1S/C20H22N2O6/c1-11(20(21)25)22-19(24)8-14(12-3-5-13(26-2)6-4-12)15-7-17-18(9-16(15)23)28-10-27-17/h3-7,9,11,14,23H,8,10H2,1-2H3,(H2,21,25)(H,22,24). The number of rotatable bonds is 7. The normalized spacial score (nSPS) is 14.2. The van der Waals surface area contributed by atoms with Crippen molar-refractivity contribution in [2.75, 3.05) is 13.9 Å². The molecule has 8 nitrogen and oxygen atoms in total. The SMILES string of the molecule is COc1ccc(C(CC(=O)NC(C)C(N)=O)c2cc3c(cc2O)OCO3)cc1. The molecule has 4 N–H and O–H groups in total. The van der Waals surface area contributed by atoms with Crippen molar-refractivity contribution in [2.24, 2.45) is 5.73 Å². The number of benzene rings is 2. The van der Waals surface area contributed by atoms with Crippen LogP contribution in [0.4, 0.5) is 0 Å². The number of hydrogen-bond donors (Lipinski definition) is 3. The maximum absolute atomic E-state index is 12.5. The summed E-state index contributed by atoms with van der Waals surface area (Å²) in [5, 5.41) is 13.1. The largest absolute Gasteiger partial charge is 0.508 e. The maximum Gasteiger partial charge on any atom is 0.239 e. The second-order valence-corrected chi connectivity index (χ2v) is 6.49. The van der Waals surface area contributed by atoms with E-state index in [0.717, 1.165) is 5.56 Å². The van der Waals surface area contributed by atoms with Gasteiger partial charge in [-0.15, -0.1) is 0 Å². The van der Waals surface area contributed by atoms with E-state index in [1.165, 1.54) is 13.0 Å². The minimum absolute atomic E-state index is 0.00282. The molecule has 2 amide bonds. The van der Waals surface area contributed by atoms with Gasteiger partial charge in [-0.3, -0.25) is 9.59 Å². The number of aromatic hydroxyl groups is 1. The van der Waals surface area contributed by atoms with Crippen molar-refractivity contribution >= 4 is 11.8 Å². The summed E-state index contributed by atoms with van der Waals surface area (Å²) in [5.74, 6) is 0.119. The molecule has 1 aliphatic heterocycles. The van der Waals surface area contributed by atoms with Gasteiger partial charge in [0.15, 0.2) is 11.5 Å². The van der Waals surface area contributed by atoms with Crippen molar-refractivity contribution in [1.82, 2.24) is 5.32 Å². The fraction of sp³-hybridized carbons (Fsp3) is 0.300. The Labute approximate surface area is 162 Å². The van der Waals surface area contributed by atoms with Crippen LogP contribution >= 0.6 is 0 Å². The van der Waals surface area contributed by atoms with Crippen molar-refractivity contribution in [3.8, 4) is 23.0 Å². The van der Waals surface area contributed by atoms with E-state index >= 15 is 0 Å². The highest BCUT2D eigenvalue weighted by Gasteiger charge is 2.26. The second-order valence-electron chi connectivity index (χ2n) is 6.49. The van der Waals surface area contributed by atoms with Crippen molar-refractivity contribution < 1.29 is 28.9 Å². The van der Waals surface area contributed by atoms with Gasteiger partial charge in [0.1, 0.15) is 17.5 Å². The van der Waals surface area contributed by atoms with Gasteiger partial charge >= 0.3 is 0 Å². The lowest BCUT2D eigenvalue weighted by Crippen LogP contribution is -2.42. The lowest BCUT2D eigenvalue weighted by atomic mass is 9.87. The van der Waals surface area contributed by atoms with Crippen molar-refractivity contribution in [2.45, 2.75) is 25.3 Å². The molecule has 3 rings (SSSR count). The summed E-state index contributed by atoms with van der Waals surface area (Å²) in [6.07, 6.45) is -0.00282. The molecule has 148 valence electrons. The monoisotopic (exact) mass is 386 g/mol. The van der Waals surface area contributed by atoms with Gasteiger partial charge in [0.05, 0.1) is 7.11 Å². The number of amides is 2. The van der Waals surface area contributed by atoms with Crippen molar-refractivity contribution in [1.29, 1.82) is 0 Å². The minimum Gasteiger partial charge on any atom is -0.508 e. The Morgan fingerprint density at radius 2 is 1.86 bits per heavy atom. The van der Waals surface area contributed by atoms with E-state index in [9.17, 15) is 14.7 Å². The van der Waals surface area contributed by atoms with Crippen LogP contribution in [0.3, 0.4) is 0 Å². The van der Waals surface area contributed by atoms with Crippen LogP contribution in [0.25, 0.3) is 0 Å². The van der Waals surface area contributed by atoms with E-state index in [-0.39, 0.29) is 24.9 Å². The molecular weight excluding hydrogens is 364 g/mol. The highest BCUT2D eigenvalue weighted by molar-refractivity contribution is 5.86. The molecule has 0 saturated carbocycles. The number of nitrogens with two attached hydrogens (primary N) is 1. The fourth-order valence-electron chi connectivity index (χ4n) is 3.03. The molecule has 0 saturated heterocycles. The number of fused-ring (bicyclic) bond motifs is 1. The molecule has 2 unspecified atom stereocenters. The molecule has 1 aliphatic rings. The Balaban J connectivity index is 1.94. The lowest BCUT2D eigenvalue weighted by molar-refractivity contribution is -0.127. The van der Waals surface area contributed by atoms with Crippen LogP contribution in [0.15, 0.2) is 36.4 Å². The zero-order valence-electron chi connectivity index (χ0n) is 15.6. The Hall–Kier alpha value is -3.42. The van der Waals surface area contributed by atoms with Crippen LogP contribution < -0.4 is 25.3 Å². The first kappa shape index (κ1) is 19.3. The Bertz CT molecular complexity index is 881. The Morgan fingerprint density at radius 1 is 1.21 bits per heavy atom. The highest BCUT2D eigenvalue weighted by Crippen LogP contribution is 2.43. The number of carbonyl (C=O) groups excluding carboxylic acids is 2. The Morgan fingerprint density at radius 3 is 2.46 bits per heavy atom. The molecule has 2 aromatic rings. The summed E-state index contributed by atoms with van der Waals surface area (Å²) in [5.41, 5.74) is 6.52. The molecular formula is C20H22N2O6. The van der Waals surface area contributed by atoms with E-state index < -0.39 is 17.9 Å². The van der Waals surface area contributed by atoms with Gasteiger partial charge in [0, 0.05) is 24.0 Å². The molecule has 0 fully saturated rings. The first-order valence-corrected chi connectivity index (χ1v) is 8.74. The summed E-state index contributed by atoms with van der Waals surface area (Å²) in [4.78, 5) is 23.7. The molecule has 0 aliphatic carbocycles. The van der Waals surface area contributed by atoms with Crippen molar-refractivity contribution in [3.05, 3.63) is 47.5 Å². The molecule has 2 atom stereocenters. The van der Waals surface area contributed by atoms with Crippen LogP contribution in [-0.4, -0.2) is 36.9 Å². The van der Waals surface area contributed by atoms with E-state index in [2.05, 4.69) is 5.32 Å². The second kappa shape index (κ2) is 8.08. The average molecular weight is 386 g/mol. The summed E-state index contributed by atoms with van der Waals surface area (Å²) in [6, 6.07) is 9.52. The molecule has 2 aromatic carbocycles. The topological polar surface area (TPSA) is 120 Å².